The molecule has 0 radical (unpaired) electrons. The number of hydrogen-bond donors (Lipinski definition) is 0. The third-order valence-corrected chi connectivity index (χ3v) is 11.9. The van der Waals surface area contributed by atoms with Gasteiger partial charge in [-0.25, -0.2) is 19.9 Å². The molecule has 59 heavy (non-hydrogen) atoms. The molecule has 4 nitrogen and oxygen atoms in total. The molecule has 0 amide bonds. The average molecular weight is 755 g/mol. The summed E-state index contributed by atoms with van der Waals surface area (Å²) in [5.74, 6) is 1.99. The first-order valence-electron chi connectivity index (χ1n) is 20.1. The molecule has 2 heterocycles. The van der Waals surface area contributed by atoms with Crippen molar-refractivity contribution in [2.24, 2.45) is 0 Å². The normalized spacial score (nSPS) is 12.7. The minimum atomic E-state index is -0.236. The van der Waals surface area contributed by atoms with E-state index in [-0.39, 0.29) is 5.41 Å². The second-order valence-corrected chi connectivity index (χ2v) is 15.9. The predicted molar refractivity (Wildman–Crippen MR) is 243 cm³/mol. The lowest BCUT2D eigenvalue weighted by atomic mass is 9.81. The Kier molecular flexibility index (Phi) is 8.12. The molecule has 0 fully saturated rings. The van der Waals surface area contributed by atoms with Gasteiger partial charge in [0.15, 0.2) is 17.5 Å². The number of hydrogen-bond acceptors (Lipinski definition) is 4. The molecule has 0 N–H and O–H groups in total. The Morgan fingerprint density at radius 1 is 0.322 bits per heavy atom. The summed E-state index contributed by atoms with van der Waals surface area (Å²) >= 11 is 0. The fourth-order valence-electron chi connectivity index (χ4n) is 8.84. The van der Waals surface area contributed by atoms with Crippen molar-refractivity contribution in [3.63, 3.8) is 0 Å². The van der Waals surface area contributed by atoms with Gasteiger partial charge >= 0.3 is 0 Å². The van der Waals surface area contributed by atoms with Gasteiger partial charge in [0.25, 0.3) is 0 Å². The molecule has 0 saturated heterocycles. The monoisotopic (exact) mass is 754 g/mol. The zero-order valence-electron chi connectivity index (χ0n) is 32.8. The zero-order valence-corrected chi connectivity index (χ0v) is 32.8. The Hall–Kier alpha value is -7.56. The van der Waals surface area contributed by atoms with Crippen LogP contribution in [0.5, 0.6) is 0 Å². The van der Waals surface area contributed by atoms with E-state index >= 15 is 0 Å². The van der Waals surface area contributed by atoms with Crippen LogP contribution in [0.3, 0.4) is 0 Å². The number of fused-ring (bicyclic) bond motifs is 5. The molecule has 10 aromatic rings. The first kappa shape index (κ1) is 34.7. The van der Waals surface area contributed by atoms with Crippen LogP contribution in [0, 0.1) is 0 Å². The summed E-state index contributed by atoms with van der Waals surface area (Å²) in [5, 5.41) is 3.55. The molecule has 1 aliphatic carbocycles. The Morgan fingerprint density at radius 2 is 0.780 bits per heavy atom. The molecule has 0 spiro atoms. The molecule has 2 aromatic heterocycles. The second-order valence-electron chi connectivity index (χ2n) is 15.9. The van der Waals surface area contributed by atoms with Crippen LogP contribution in [-0.2, 0) is 5.41 Å². The van der Waals surface area contributed by atoms with E-state index in [2.05, 4.69) is 147 Å². The Balaban J connectivity index is 0.928. The van der Waals surface area contributed by atoms with Crippen LogP contribution in [0.15, 0.2) is 194 Å². The summed E-state index contributed by atoms with van der Waals surface area (Å²) in [6, 6.07) is 68.6. The van der Waals surface area contributed by atoms with E-state index in [1.54, 1.807) is 0 Å². The van der Waals surface area contributed by atoms with E-state index in [9.17, 15) is 0 Å². The molecular formula is C55H38N4. The van der Waals surface area contributed by atoms with Gasteiger partial charge in [-0.1, -0.05) is 178 Å². The Labute approximate surface area is 343 Å². The highest BCUT2D eigenvalue weighted by Gasteiger charge is 2.36. The number of aromatic nitrogens is 4. The summed E-state index contributed by atoms with van der Waals surface area (Å²) in [7, 11) is 0. The van der Waals surface area contributed by atoms with Crippen molar-refractivity contribution in [3.05, 3.63) is 205 Å². The second kappa shape index (κ2) is 13.8. The molecule has 0 saturated carbocycles. The van der Waals surface area contributed by atoms with Gasteiger partial charge in [-0.15, -0.1) is 0 Å². The third-order valence-electron chi connectivity index (χ3n) is 11.9. The Bertz CT molecular complexity index is 3170. The topological polar surface area (TPSA) is 51.6 Å². The number of nitrogens with zero attached hydrogens (tertiary/aromatic N) is 4. The van der Waals surface area contributed by atoms with Gasteiger partial charge in [-0.2, -0.15) is 0 Å². The van der Waals surface area contributed by atoms with Crippen molar-refractivity contribution in [1.82, 2.24) is 19.9 Å². The van der Waals surface area contributed by atoms with E-state index in [1.165, 1.54) is 55.3 Å². The number of benzene rings is 8. The van der Waals surface area contributed by atoms with Crippen LogP contribution >= 0.6 is 0 Å². The molecule has 0 atom stereocenters. The van der Waals surface area contributed by atoms with E-state index in [0.29, 0.717) is 17.5 Å². The lowest BCUT2D eigenvalue weighted by Crippen LogP contribution is -2.15. The van der Waals surface area contributed by atoms with Crippen LogP contribution in [0.4, 0.5) is 0 Å². The van der Waals surface area contributed by atoms with Crippen molar-refractivity contribution in [2.45, 2.75) is 19.3 Å². The largest absolute Gasteiger partial charge is 0.248 e. The van der Waals surface area contributed by atoms with Crippen molar-refractivity contribution < 1.29 is 0 Å². The predicted octanol–water partition coefficient (Wildman–Crippen LogP) is 13.9. The van der Waals surface area contributed by atoms with Gasteiger partial charge in [0, 0.05) is 33.1 Å². The van der Waals surface area contributed by atoms with E-state index in [0.717, 1.165) is 38.9 Å². The van der Waals surface area contributed by atoms with Gasteiger partial charge in [0.1, 0.15) is 0 Å². The molecule has 11 rings (SSSR count). The summed E-state index contributed by atoms with van der Waals surface area (Å²) in [6.45, 7) is 4.65. The smallest absolute Gasteiger partial charge is 0.164 e. The first-order chi connectivity index (χ1) is 29.0. The maximum Gasteiger partial charge on any atom is 0.164 e. The van der Waals surface area contributed by atoms with E-state index in [4.69, 9.17) is 19.9 Å². The molecule has 0 aliphatic heterocycles. The van der Waals surface area contributed by atoms with Gasteiger partial charge in [-0.05, 0) is 85.6 Å². The maximum atomic E-state index is 5.20. The van der Waals surface area contributed by atoms with Crippen molar-refractivity contribution in [1.29, 1.82) is 0 Å². The highest BCUT2D eigenvalue weighted by atomic mass is 15.0. The van der Waals surface area contributed by atoms with Gasteiger partial charge in [0.2, 0.25) is 0 Å². The summed E-state index contributed by atoms with van der Waals surface area (Å²) in [4.78, 5) is 20.2. The highest BCUT2D eigenvalue weighted by molar-refractivity contribution is 6.05. The molecule has 1 aliphatic rings. The van der Waals surface area contributed by atoms with Crippen LogP contribution in [0.1, 0.15) is 25.0 Å². The third kappa shape index (κ3) is 6.00. The molecule has 4 heteroatoms. The summed E-state index contributed by atoms with van der Waals surface area (Å²) in [5.41, 5.74) is 15.7. The summed E-state index contributed by atoms with van der Waals surface area (Å²) in [6.07, 6.45) is 0. The SMILES string of the molecule is CC1(C)c2cc(-c3ccc4nc(-c5ccc(-c6ccccc6)c6ccccc56)ccc4c3)ccc2-c2ccc(-c3nc(-c4ccccc4)nc(-c4ccccc4)n3)cc21. The molecule has 278 valence electrons. The van der Waals surface area contributed by atoms with Crippen LogP contribution in [0.2, 0.25) is 0 Å². The van der Waals surface area contributed by atoms with Gasteiger partial charge < -0.3 is 0 Å². The first-order valence-corrected chi connectivity index (χ1v) is 20.1. The molecule has 0 unspecified atom stereocenters. The maximum absolute atomic E-state index is 5.20. The fraction of sp³-hybridized carbons (Fsp3) is 0.0545. The Morgan fingerprint density at radius 3 is 1.41 bits per heavy atom. The number of pyridine rings is 1. The van der Waals surface area contributed by atoms with Gasteiger partial charge in [-0.3, -0.25) is 0 Å². The molecular weight excluding hydrogens is 717 g/mol. The molecule has 0 bridgehead atoms. The number of rotatable bonds is 6. The minimum Gasteiger partial charge on any atom is -0.248 e. The van der Waals surface area contributed by atoms with Crippen LogP contribution in [0.25, 0.3) is 100 Å². The zero-order chi connectivity index (χ0) is 39.5. The standard InChI is InChI=1S/C55H38N4/c1-55(2)48-33-39(38-24-30-50-40(32-38)25-31-51(56-50)47-29-28-42(35-14-6-3-7-15-35)43-20-12-13-21-44(43)47)22-26-45(48)46-27-23-41(34-49(46)55)54-58-52(36-16-8-4-9-17-36)57-53(59-54)37-18-10-5-11-19-37/h3-34H,1-2H3. The minimum absolute atomic E-state index is 0.236. The highest BCUT2D eigenvalue weighted by Crippen LogP contribution is 2.50. The fourth-order valence-corrected chi connectivity index (χ4v) is 8.84. The van der Waals surface area contributed by atoms with Crippen molar-refractivity contribution in [3.8, 4) is 78.8 Å². The van der Waals surface area contributed by atoms with Gasteiger partial charge in [0.05, 0.1) is 11.2 Å². The van der Waals surface area contributed by atoms with Crippen LogP contribution < -0.4 is 0 Å². The lowest BCUT2D eigenvalue weighted by Gasteiger charge is -2.22. The van der Waals surface area contributed by atoms with Crippen molar-refractivity contribution in [2.75, 3.05) is 0 Å². The van der Waals surface area contributed by atoms with E-state index < -0.39 is 0 Å². The van der Waals surface area contributed by atoms with Crippen LogP contribution in [-0.4, -0.2) is 19.9 Å². The lowest BCUT2D eigenvalue weighted by molar-refractivity contribution is 0.661. The summed E-state index contributed by atoms with van der Waals surface area (Å²) < 4.78 is 0. The quantitative estimate of drug-likeness (QED) is 0.170. The average Bonchev–Trinajstić information content (AvgIpc) is 3.53. The van der Waals surface area contributed by atoms with E-state index in [1.807, 2.05) is 60.7 Å². The van der Waals surface area contributed by atoms with Crippen molar-refractivity contribution >= 4 is 21.7 Å². The molecule has 8 aromatic carbocycles.